The van der Waals surface area contributed by atoms with E-state index in [0.29, 0.717) is 29.7 Å². The lowest BCUT2D eigenvalue weighted by atomic mass is 9.65. The van der Waals surface area contributed by atoms with Crippen molar-refractivity contribution in [3.63, 3.8) is 0 Å². The maximum absolute atomic E-state index is 13.7. The molecule has 1 aliphatic carbocycles. The van der Waals surface area contributed by atoms with Crippen LogP contribution in [0.5, 0.6) is 0 Å². The molecule has 140 valence electrons. The number of morpholine rings is 1. The van der Waals surface area contributed by atoms with Gasteiger partial charge in [0.25, 0.3) is 0 Å². The molecule has 2 heterocycles. The molecule has 1 spiro atoms. The second-order valence-electron chi connectivity index (χ2n) is 8.06. The summed E-state index contributed by atoms with van der Waals surface area (Å²) in [6, 6.07) is 14.5. The molecule has 0 aromatic heterocycles. The van der Waals surface area contributed by atoms with Crippen molar-refractivity contribution in [1.29, 1.82) is 5.26 Å². The number of anilines is 1. The van der Waals surface area contributed by atoms with Crippen molar-refractivity contribution in [3.05, 3.63) is 64.7 Å². The first-order chi connectivity index (χ1) is 13.5. The molecule has 1 saturated heterocycles. The van der Waals surface area contributed by atoms with E-state index in [9.17, 15) is 14.9 Å². The summed E-state index contributed by atoms with van der Waals surface area (Å²) in [4.78, 5) is 29.5. The van der Waals surface area contributed by atoms with Crippen LogP contribution in [-0.4, -0.2) is 36.4 Å². The highest BCUT2D eigenvalue weighted by molar-refractivity contribution is 6.30. The topological polar surface area (TPSA) is 70.4 Å². The van der Waals surface area contributed by atoms with E-state index in [1.807, 2.05) is 26.0 Å². The Morgan fingerprint density at radius 3 is 2.43 bits per heavy atom. The van der Waals surface area contributed by atoms with Gasteiger partial charge in [0.2, 0.25) is 0 Å². The number of hydrogen-bond donors (Lipinski definition) is 0. The molecular formula is C23H20N2O3. The van der Waals surface area contributed by atoms with Crippen molar-refractivity contribution in [2.45, 2.75) is 38.5 Å². The lowest BCUT2D eigenvalue weighted by Crippen LogP contribution is -2.67. The fraction of sp³-hybridized carbons (Fsp3) is 0.348. The van der Waals surface area contributed by atoms with Crippen molar-refractivity contribution in [3.8, 4) is 6.07 Å². The molecule has 0 radical (unpaired) electrons. The SMILES string of the molecule is C[C@@H]1CN2c3ccc(C#N)cc3CC3(C(=O)c4ccccc4C3=O)[C@H]2[C@H](C)O1. The zero-order chi connectivity index (χ0) is 19.6. The predicted molar refractivity (Wildman–Crippen MR) is 104 cm³/mol. The number of nitriles is 1. The molecule has 5 nitrogen and oxygen atoms in total. The van der Waals surface area contributed by atoms with Crippen LogP contribution in [0.4, 0.5) is 5.69 Å². The van der Waals surface area contributed by atoms with Gasteiger partial charge in [-0.05, 0) is 44.0 Å². The Morgan fingerprint density at radius 1 is 1.11 bits per heavy atom. The van der Waals surface area contributed by atoms with E-state index in [0.717, 1.165) is 11.3 Å². The average Bonchev–Trinajstić information content (AvgIpc) is 2.90. The van der Waals surface area contributed by atoms with Crippen LogP contribution < -0.4 is 4.90 Å². The number of hydrogen-bond acceptors (Lipinski definition) is 5. The molecular weight excluding hydrogens is 352 g/mol. The molecule has 0 unspecified atom stereocenters. The number of nitrogens with zero attached hydrogens (tertiary/aromatic N) is 2. The smallest absolute Gasteiger partial charge is 0.180 e. The van der Waals surface area contributed by atoms with Crippen LogP contribution in [-0.2, 0) is 11.2 Å². The molecule has 2 aliphatic heterocycles. The monoisotopic (exact) mass is 372 g/mol. The van der Waals surface area contributed by atoms with E-state index in [4.69, 9.17) is 4.74 Å². The van der Waals surface area contributed by atoms with Gasteiger partial charge < -0.3 is 9.64 Å². The fourth-order valence-electron chi connectivity index (χ4n) is 5.42. The number of benzene rings is 2. The van der Waals surface area contributed by atoms with Gasteiger partial charge in [-0.25, -0.2) is 0 Å². The third-order valence-electron chi connectivity index (χ3n) is 6.40. The summed E-state index contributed by atoms with van der Waals surface area (Å²) in [6.45, 7) is 4.56. The van der Waals surface area contributed by atoms with Gasteiger partial charge in [-0.15, -0.1) is 0 Å². The summed E-state index contributed by atoms with van der Waals surface area (Å²) < 4.78 is 6.10. The van der Waals surface area contributed by atoms with Gasteiger partial charge in [-0.3, -0.25) is 9.59 Å². The highest BCUT2D eigenvalue weighted by atomic mass is 16.5. The number of ketones is 2. The Bertz CT molecular complexity index is 1030. The number of fused-ring (bicyclic) bond motifs is 5. The van der Waals surface area contributed by atoms with Gasteiger partial charge in [0.15, 0.2) is 11.6 Å². The molecule has 2 aromatic rings. The number of ether oxygens (including phenoxy) is 1. The van der Waals surface area contributed by atoms with Crippen LogP contribution in [0.15, 0.2) is 42.5 Å². The van der Waals surface area contributed by atoms with Gasteiger partial charge in [0, 0.05) is 23.4 Å². The van der Waals surface area contributed by atoms with Crippen LogP contribution in [0.3, 0.4) is 0 Å². The van der Waals surface area contributed by atoms with Gasteiger partial charge in [0.05, 0.1) is 29.9 Å². The highest BCUT2D eigenvalue weighted by Gasteiger charge is 2.63. The standard InChI is InChI=1S/C23H20N2O3/c1-13-12-25-19-8-7-15(11-24)9-16(19)10-23(20(25)14(2)28-13)21(26)17-5-3-4-6-18(17)22(23)27/h3-9,13-14,20H,10,12H2,1-2H3/t13-,14+,20-/m1/s1. The van der Waals surface area contributed by atoms with E-state index in [1.165, 1.54) is 0 Å². The first-order valence-corrected chi connectivity index (χ1v) is 9.61. The quantitative estimate of drug-likeness (QED) is 0.665. The first kappa shape index (κ1) is 17.2. The van der Waals surface area contributed by atoms with Crippen LogP contribution in [0.1, 0.15) is 45.7 Å². The van der Waals surface area contributed by atoms with Crippen LogP contribution in [0, 0.1) is 16.7 Å². The second-order valence-corrected chi connectivity index (χ2v) is 8.06. The molecule has 0 N–H and O–H groups in total. The molecule has 2 aromatic carbocycles. The minimum Gasteiger partial charge on any atom is -0.372 e. The van der Waals surface area contributed by atoms with Crippen molar-refractivity contribution in [2.24, 2.45) is 5.41 Å². The minimum absolute atomic E-state index is 0.0149. The number of Topliss-reactive ketones (excluding diaryl/α,β-unsaturated/α-hetero) is 2. The Labute approximate surface area is 163 Å². The largest absolute Gasteiger partial charge is 0.372 e. The summed E-state index contributed by atoms with van der Waals surface area (Å²) >= 11 is 0. The highest BCUT2D eigenvalue weighted by Crippen LogP contribution is 2.51. The van der Waals surface area contributed by atoms with Gasteiger partial charge in [-0.1, -0.05) is 24.3 Å². The zero-order valence-electron chi connectivity index (χ0n) is 15.8. The molecule has 28 heavy (non-hydrogen) atoms. The third-order valence-corrected chi connectivity index (χ3v) is 6.40. The maximum atomic E-state index is 13.7. The second kappa shape index (κ2) is 5.76. The fourth-order valence-corrected chi connectivity index (χ4v) is 5.42. The predicted octanol–water partition coefficient (Wildman–Crippen LogP) is 3.16. The van der Waals surface area contributed by atoms with Crippen molar-refractivity contribution >= 4 is 17.3 Å². The molecule has 0 saturated carbocycles. The normalized spacial score (nSPS) is 27.2. The molecule has 3 aliphatic rings. The summed E-state index contributed by atoms with van der Waals surface area (Å²) in [5.74, 6) is -0.248. The lowest BCUT2D eigenvalue weighted by Gasteiger charge is -2.54. The van der Waals surface area contributed by atoms with E-state index in [2.05, 4.69) is 11.0 Å². The number of rotatable bonds is 0. The Kier molecular flexibility index (Phi) is 3.53. The molecule has 3 atom stereocenters. The minimum atomic E-state index is -1.20. The maximum Gasteiger partial charge on any atom is 0.180 e. The Morgan fingerprint density at radius 2 is 1.79 bits per heavy atom. The molecule has 1 fully saturated rings. The van der Waals surface area contributed by atoms with Gasteiger partial charge in [0.1, 0.15) is 5.41 Å². The van der Waals surface area contributed by atoms with Crippen molar-refractivity contribution < 1.29 is 14.3 Å². The van der Waals surface area contributed by atoms with Crippen LogP contribution in [0.25, 0.3) is 0 Å². The van der Waals surface area contributed by atoms with Crippen LogP contribution in [0.2, 0.25) is 0 Å². The van der Waals surface area contributed by atoms with E-state index < -0.39 is 5.41 Å². The summed E-state index contributed by atoms with van der Waals surface area (Å²) in [5.41, 5.74) is 2.21. The summed E-state index contributed by atoms with van der Waals surface area (Å²) in [7, 11) is 0. The van der Waals surface area contributed by atoms with Crippen molar-refractivity contribution in [2.75, 3.05) is 11.4 Å². The van der Waals surface area contributed by atoms with Gasteiger partial charge >= 0.3 is 0 Å². The number of carbonyl (C=O) groups excluding carboxylic acids is 2. The summed E-state index contributed by atoms with van der Waals surface area (Å²) in [5, 5.41) is 9.34. The molecule has 0 bridgehead atoms. The lowest BCUT2D eigenvalue weighted by molar-refractivity contribution is -0.0524. The van der Waals surface area contributed by atoms with Crippen molar-refractivity contribution in [1.82, 2.24) is 0 Å². The Hall–Kier alpha value is -2.97. The van der Waals surface area contributed by atoms with Crippen LogP contribution >= 0.6 is 0 Å². The van der Waals surface area contributed by atoms with E-state index >= 15 is 0 Å². The molecule has 0 amide bonds. The zero-order valence-corrected chi connectivity index (χ0v) is 15.8. The van der Waals surface area contributed by atoms with Gasteiger partial charge in [-0.2, -0.15) is 5.26 Å². The first-order valence-electron chi connectivity index (χ1n) is 9.61. The average molecular weight is 372 g/mol. The number of carbonyl (C=O) groups is 2. The third kappa shape index (κ3) is 2.04. The van der Waals surface area contributed by atoms with E-state index in [1.54, 1.807) is 30.3 Å². The summed E-state index contributed by atoms with van der Waals surface area (Å²) in [6.07, 6.45) is 0.0154. The van der Waals surface area contributed by atoms with E-state index in [-0.39, 0.29) is 29.8 Å². The molecule has 5 rings (SSSR count). The Balaban J connectivity index is 1.76. The molecule has 5 heteroatoms.